The summed E-state index contributed by atoms with van der Waals surface area (Å²) in [6, 6.07) is 11.9. The van der Waals surface area contributed by atoms with Crippen molar-refractivity contribution >= 4 is 28.4 Å². The predicted octanol–water partition coefficient (Wildman–Crippen LogP) is 3.57. The van der Waals surface area contributed by atoms with Crippen LogP contribution in [-0.2, 0) is 4.74 Å². The van der Waals surface area contributed by atoms with Gasteiger partial charge in [-0.2, -0.15) is 11.8 Å². The quantitative estimate of drug-likeness (QED) is 0.783. The van der Waals surface area contributed by atoms with Crippen LogP contribution in [0.1, 0.15) is 30.1 Å². The van der Waals surface area contributed by atoms with Gasteiger partial charge in [-0.15, -0.1) is 0 Å². The molecule has 5 nitrogen and oxygen atoms in total. The topological polar surface area (TPSA) is 50.8 Å². The first-order valence-electron chi connectivity index (χ1n) is 10.6. The molecular formula is C23H30N2O3S. The Bertz CT molecular complexity index is 845. The summed E-state index contributed by atoms with van der Waals surface area (Å²) in [5.41, 5.74) is 0.631. The minimum absolute atomic E-state index is 0.00868. The van der Waals surface area contributed by atoms with E-state index in [9.17, 15) is 4.79 Å². The van der Waals surface area contributed by atoms with E-state index in [1.165, 1.54) is 0 Å². The first kappa shape index (κ1) is 20.5. The van der Waals surface area contributed by atoms with Crippen molar-refractivity contribution in [3.05, 3.63) is 42.0 Å². The van der Waals surface area contributed by atoms with Gasteiger partial charge in [0.25, 0.3) is 5.91 Å². The fourth-order valence-electron chi connectivity index (χ4n) is 4.49. The molecule has 156 valence electrons. The highest BCUT2D eigenvalue weighted by atomic mass is 32.2. The zero-order valence-corrected chi connectivity index (χ0v) is 17.9. The second-order valence-corrected chi connectivity index (χ2v) is 8.94. The number of hydrogen-bond donors (Lipinski definition) is 1. The standard InChI is InChI=1S/C23H30N2O3S/c1-2-28-20-8-7-18-5-3-4-6-19(18)21(20)22(26)24-17-23(9-13-27-14-10-23)25-11-15-29-16-12-25/h3-8H,2,9-17H2,1H3,(H,24,26). The number of carbonyl (C=O) groups excluding carboxylic acids is 1. The monoisotopic (exact) mass is 414 g/mol. The molecule has 0 spiro atoms. The molecule has 6 heteroatoms. The fraction of sp³-hybridized carbons (Fsp3) is 0.522. The average molecular weight is 415 g/mol. The van der Waals surface area contributed by atoms with Crippen molar-refractivity contribution in [2.75, 3.05) is 51.0 Å². The molecule has 2 aliphatic heterocycles. The molecule has 2 aliphatic rings. The highest BCUT2D eigenvalue weighted by molar-refractivity contribution is 7.99. The molecule has 2 fully saturated rings. The van der Waals surface area contributed by atoms with Gasteiger partial charge in [0, 0.05) is 49.9 Å². The third kappa shape index (κ3) is 4.39. The molecule has 0 atom stereocenters. The largest absolute Gasteiger partial charge is 0.493 e. The van der Waals surface area contributed by atoms with E-state index in [4.69, 9.17) is 9.47 Å². The van der Waals surface area contributed by atoms with Crippen molar-refractivity contribution in [1.29, 1.82) is 0 Å². The van der Waals surface area contributed by atoms with Crippen LogP contribution < -0.4 is 10.1 Å². The van der Waals surface area contributed by atoms with Crippen molar-refractivity contribution in [2.45, 2.75) is 25.3 Å². The smallest absolute Gasteiger partial charge is 0.255 e. The minimum atomic E-state index is -0.0532. The molecule has 2 aromatic rings. The van der Waals surface area contributed by atoms with Crippen LogP contribution in [0, 0.1) is 0 Å². The predicted molar refractivity (Wildman–Crippen MR) is 119 cm³/mol. The lowest BCUT2D eigenvalue weighted by Crippen LogP contribution is -2.60. The first-order chi connectivity index (χ1) is 14.2. The van der Waals surface area contributed by atoms with Crippen LogP contribution in [-0.4, -0.2) is 67.3 Å². The molecular weight excluding hydrogens is 384 g/mol. The first-order valence-corrected chi connectivity index (χ1v) is 11.7. The number of benzene rings is 2. The summed E-state index contributed by atoms with van der Waals surface area (Å²) in [4.78, 5) is 16.0. The van der Waals surface area contributed by atoms with E-state index in [2.05, 4.69) is 10.2 Å². The Morgan fingerprint density at radius 1 is 1.17 bits per heavy atom. The molecule has 1 N–H and O–H groups in total. The summed E-state index contributed by atoms with van der Waals surface area (Å²) in [6.07, 6.45) is 1.93. The lowest BCUT2D eigenvalue weighted by atomic mass is 9.87. The maximum absolute atomic E-state index is 13.4. The number of rotatable bonds is 6. The third-order valence-electron chi connectivity index (χ3n) is 6.10. The maximum Gasteiger partial charge on any atom is 0.255 e. The zero-order chi connectivity index (χ0) is 20.1. The third-order valence-corrected chi connectivity index (χ3v) is 7.04. The minimum Gasteiger partial charge on any atom is -0.493 e. The number of amides is 1. The van der Waals surface area contributed by atoms with Crippen LogP contribution in [0.15, 0.2) is 36.4 Å². The normalized spacial score (nSPS) is 19.8. The van der Waals surface area contributed by atoms with Gasteiger partial charge in [0.15, 0.2) is 0 Å². The average Bonchev–Trinajstić information content (AvgIpc) is 2.79. The van der Waals surface area contributed by atoms with Gasteiger partial charge in [0.05, 0.1) is 12.2 Å². The number of ether oxygens (including phenoxy) is 2. The summed E-state index contributed by atoms with van der Waals surface area (Å²) in [7, 11) is 0. The Morgan fingerprint density at radius 3 is 2.69 bits per heavy atom. The summed E-state index contributed by atoms with van der Waals surface area (Å²) >= 11 is 2.01. The van der Waals surface area contributed by atoms with Gasteiger partial charge in [0.2, 0.25) is 0 Å². The van der Waals surface area contributed by atoms with E-state index in [1.54, 1.807) is 0 Å². The van der Waals surface area contributed by atoms with Crippen molar-refractivity contribution in [2.24, 2.45) is 0 Å². The van der Waals surface area contributed by atoms with Gasteiger partial charge in [0.1, 0.15) is 5.75 Å². The highest BCUT2D eigenvalue weighted by Crippen LogP contribution is 2.31. The molecule has 0 aromatic heterocycles. The van der Waals surface area contributed by atoms with Crippen molar-refractivity contribution in [3.8, 4) is 5.75 Å². The Labute approximate surface area is 177 Å². The Morgan fingerprint density at radius 2 is 1.93 bits per heavy atom. The van der Waals surface area contributed by atoms with E-state index in [0.29, 0.717) is 24.5 Å². The van der Waals surface area contributed by atoms with Gasteiger partial charge in [-0.1, -0.05) is 30.3 Å². The zero-order valence-electron chi connectivity index (χ0n) is 17.1. The van der Waals surface area contributed by atoms with Crippen LogP contribution >= 0.6 is 11.8 Å². The van der Waals surface area contributed by atoms with E-state index < -0.39 is 0 Å². The van der Waals surface area contributed by atoms with E-state index in [0.717, 1.165) is 61.4 Å². The molecule has 0 radical (unpaired) electrons. The molecule has 2 heterocycles. The van der Waals surface area contributed by atoms with Crippen LogP contribution in [0.5, 0.6) is 5.75 Å². The molecule has 0 unspecified atom stereocenters. The molecule has 2 saturated heterocycles. The van der Waals surface area contributed by atoms with Gasteiger partial charge >= 0.3 is 0 Å². The Kier molecular flexibility index (Phi) is 6.63. The summed E-state index contributed by atoms with van der Waals surface area (Å²) in [5, 5.41) is 5.26. The Balaban J connectivity index is 1.59. The van der Waals surface area contributed by atoms with E-state index in [1.807, 2.05) is 55.1 Å². The summed E-state index contributed by atoms with van der Waals surface area (Å²) in [6.45, 7) is 6.82. The molecule has 4 rings (SSSR count). The summed E-state index contributed by atoms with van der Waals surface area (Å²) in [5.74, 6) is 2.92. The van der Waals surface area contributed by atoms with Crippen molar-refractivity contribution in [1.82, 2.24) is 10.2 Å². The number of thioether (sulfide) groups is 1. The van der Waals surface area contributed by atoms with Crippen LogP contribution in [0.4, 0.5) is 0 Å². The fourth-order valence-corrected chi connectivity index (χ4v) is 5.39. The number of nitrogens with zero attached hydrogens (tertiary/aromatic N) is 1. The van der Waals surface area contributed by atoms with Crippen LogP contribution in [0.25, 0.3) is 10.8 Å². The number of fused-ring (bicyclic) bond motifs is 1. The lowest BCUT2D eigenvalue weighted by molar-refractivity contribution is -0.0237. The van der Waals surface area contributed by atoms with E-state index in [-0.39, 0.29) is 11.4 Å². The molecule has 1 amide bonds. The molecule has 29 heavy (non-hydrogen) atoms. The molecule has 0 saturated carbocycles. The van der Waals surface area contributed by atoms with Gasteiger partial charge in [-0.05, 0) is 36.6 Å². The second kappa shape index (κ2) is 9.37. The van der Waals surface area contributed by atoms with Crippen molar-refractivity contribution in [3.63, 3.8) is 0 Å². The maximum atomic E-state index is 13.4. The number of hydrogen-bond acceptors (Lipinski definition) is 5. The number of carbonyl (C=O) groups is 1. The van der Waals surface area contributed by atoms with Crippen LogP contribution in [0.2, 0.25) is 0 Å². The SMILES string of the molecule is CCOc1ccc2ccccc2c1C(=O)NCC1(N2CCSCC2)CCOCC1. The van der Waals surface area contributed by atoms with Crippen molar-refractivity contribution < 1.29 is 14.3 Å². The van der Waals surface area contributed by atoms with Gasteiger partial charge in [-0.3, -0.25) is 9.69 Å². The van der Waals surface area contributed by atoms with E-state index >= 15 is 0 Å². The highest BCUT2D eigenvalue weighted by Gasteiger charge is 2.39. The van der Waals surface area contributed by atoms with Crippen LogP contribution in [0.3, 0.4) is 0 Å². The second-order valence-electron chi connectivity index (χ2n) is 7.71. The summed E-state index contributed by atoms with van der Waals surface area (Å²) < 4.78 is 11.5. The lowest BCUT2D eigenvalue weighted by Gasteiger charge is -2.48. The molecule has 2 aromatic carbocycles. The Hall–Kier alpha value is -1.76. The van der Waals surface area contributed by atoms with Gasteiger partial charge < -0.3 is 14.8 Å². The molecule has 0 aliphatic carbocycles. The van der Waals surface area contributed by atoms with Gasteiger partial charge in [-0.25, -0.2) is 0 Å². The molecule has 0 bridgehead atoms. The number of nitrogens with one attached hydrogen (secondary N) is 1.